The molecule has 18 heavy (non-hydrogen) atoms. The van der Waals surface area contributed by atoms with E-state index in [1.807, 2.05) is 0 Å². The van der Waals surface area contributed by atoms with Gasteiger partial charge in [-0.05, 0) is 11.6 Å². The third-order valence-corrected chi connectivity index (χ3v) is 2.57. The largest absolute Gasteiger partial charge is 0.392 e. The molecule has 0 aliphatic heterocycles. The van der Waals surface area contributed by atoms with Gasteiger partial charge in [0.1, 0.15) is 11.6 Å². The molecule has 0 aliphatic rings. The molecule has 0 amide bonds. The van der Waals surface area contributed by atoms with Crippen molar-refractivity contribution < 1.29 is 13.9 Å². The van der Waals surface area contributed by atoms with E-state index in [2.05, 4.69) is 10.3 Å². The number of aliphatic hydroxyl groups is 1. The van der Waals surface area contributed by atoms with Crippen LogP contribution in [0.2, 0.25) is 0 Å². The maximum atomic E-state index is 13.4. The number of nitrogens with zero attached hydrogens (tertiary/aromatic N) is 3. The van der Waals surface area contributed by atoms with E-state index in [1.54, 1.807) is 13.2 Å². The lowest BCUT2D eigenvalue weighted by Gasteiger charge is -2.09. The zero-order valence-corrected chi connectivity index (χ0v) is 9.85. The summed E-state index contributed by atoms with van der Waals surface area (Å²) in [6, 6.07) is 3.32. The van der Waals surface area contributed by atoms with Gasteiger partial charge in [-0.25, -0.2) is 8.78 Å². The maximum absolute atomic E-state index is 13.4. The first-order chi connectivity index (χ1) is 8.54. The Hall–Kier alpha value is -1.82. The fourth-order valence-corrected chi connectivity index (χ4v) is 1.74. The van der Waals surface area contributed by atoms with Crippen LogP contribution in [0.3, 0.4) is 0 Å². The van der Waals surface area contributed by atoms with Gasteiger partial charge < -0.3 is 5.11 Å². The highest BCUT2D eigenvalue weighted by atomic mass is 19.1. The molecule has 96 valence electrons. The minimum absolute atomic E-state index is 0.114. The summed E-state index contributed by atoms with van der Waals surface area (Å²) in [7, 11) is 1.72. The van der Waals surface area contributed by atoms with Crippen molar-refractivity contribution in [3.8, 4) is 0 Å². The number of hydrogen-bond donors (Lipinski definition) is 1. The topological polar surface area (TPSA) is 50.9 Å². The van der Waals surface area contributed by atoms with Crippen LogP contribution in [0.1, 0.15) is 11.3 Å². The molecule has 1 aromatic carbocycles. The monoisotopic (exact) mass is 253 g/mol. The van der Waals surface area contributed by atoms with E-state index in [9.17, 15) is 13.9 Å². The van der Waals surface area contributed by atoms with Crippen molar-refractivity contribution in [3.05, 3.63) is 47.3 Å². The molecule has 1 unspecified atom stereocenters. The van der Waals surface area contributed by atoms with Crippen molar-refractivity contribution in [2.45, 2.75) is 18.9 Å². The number of benzene rings is 1. The Bertz CT molecular complexity index is 542. The van der Waals surface area contributed by atoms with Crippen LogP contribution in [0, 0.1) is 11.6 Å². The number of halogens is 2. The standard InChI is InChI=1S/C12H13F2N3O/c1-17-7-10(15-16-17)6-11(18)4-8-2-3-9(13)5-12(8)14/h2-3,5,7,11,18H,4,6H2,1H3. The van der Waals surface area contributed by atoms with Gasteiger partial charge in [0.25, 0.3) is 0 Å². The predicted molar refractivity (Wildman–Crippen MR) is 60.8 cm³/mol. The van der Waals surface area contributed by atoms with E-state index in [1.165, 1.54) is 16.8 Å². The lowest BCUT2D eigenvalue weighted by molar-refractivity contribution is 0.173. The van der Waals surface area contributed by atoms with E-state index in [4.69, 9.17) is 0 Å². The smallest absolute Gasteiger partial charge is 0.129 e. The first kappa shape index (κ1) is 12.6. The van der Waals surface area contributed by atoms with Crippen molar-refractivity contribution in [1.29, 1.82) is 0 Å². The normalized spacial score (nSPS) is 12.7. The molecule has 2 aromatic rings. The molecular weight excluding hydrogens is 240 g/mol. The fraction of sp³-hybridized carbons (Fsp3) is 0.333. The molecule has 0 saturated carbocycles. The van der Waals surface area contributed by atoms with Gasteiger partial charge in [-0.2, -0.15) is 0 Å². The van der Waals surface area contributed by atoms with Gasteiger partial charge in [-0.3, -0.25) is 4.68 Å². The lowest BCUT2D eigenvalue weighted by Crippen LogP contribution is -2.15. The molecule has 0 aliphatic carbocycles. The fourth-order valence-electron chi connectivity index (χ4n) is 1.74. The third kappa shape index (κ3) is 3.10. The summed E-state index contributed by atoms with van der Waals surface area (Å²) in [4.78, 5) is 0. The highest BCUT2D eigenvalue weighted by Crippen LogP contribution is 2.13. The maximum Gasteiger partial charge on any atom is 0.129 e. The molecule has 0 spiro atoms. The number of aliphatic hydroxyl groups excluding tert-OH is 1. The molecule has 0 bridgehead atoms. The molecule has 2 rings (SSSR count). The summed E-state index contributed by atoms with van der Waals surface area (Å²) in [6.07, 6.45) is 1.30. The van der Waals surface area contributed by atoms with Crippen molar-refractivity contribution in [2.75, 3.05) is 0 Å². The average molecular weight is 253 g/mol. The molecule has 1 atom stereocenters. The Balaban J connectivity index is 2.00. The molecular formula is C12H13F2N3O. The Morgan fingerprint density at radius 1 is 1.33 bits per heavy atom. The van der Waals surface area contributed by atoms with Crippen LogP contribution in [0.5, 0.6) is 0 Å². The number of hydrogen-bond acceptors (Lipinski definition) is 3. The SMILES string of the molecule is Cn1cc(CC(O)Cc2ccc(F)cc2F)nn1. The molecule has 6 heteroatoms. The van der Waals surface area contributed by atoms with Gasteiger partial charge in [0.05, 0.1) is 11.8 Å². The zero-order valence-electron chi connectivity index (χ0n) is 9.85. The summed E-state index contributed by atoms with van der Waals surface area (Å²) >= 11 is 0. The second-order valence-corrected chi connectivity index (χ2v) is 4.18. The molecule has 1 aromatic heterocycles. The van der Waals surface area contributed by atoms with Gasteiger partial charge in [0.2, 0.25) is 0 Å². The minimum atomic E-state index is -0.776. The van der Waals surface area contributed by atoms with Crippen molar-refractivity contribution >= 4 is 0 Å². The molecule has 4 nitrogen and oxygen atoms in total. The second-order valence-electron chi connectivity index (χ2n) is 4.18. The molecule has 1 heterocycles. The van der Waals surface area contributed by atoms with E-state index in [0.29, 0.717) is 5.69 Å². The van der Waals surface area contributed by atoms with Crippen LogP contribution in [0.25, 0.3) is 0 Å². The molecule has 0 radical (unpaired) electrons. The summed E-state index contributed by atoms with van der Waals surface area (Å²) in [6.45, 7) is 0. The Kier molecular flexibility index (Phi) is 3.66. The quantitative estimate of drug-likeness (QED) is 0.892. The lowest BCUT2D eigenvalue weighted by atomic mass is 10.0. The van der Waals surface area contributed by atoms with E-state index < -0.39 is 17.7 Å². The third-order valence-electron chi connectivity index (χ3n) is 2.57. The molecule has 0 fully saturated rings. The van der Waals surface area contributed by atoms with Crippen LogP contribution in [-0.2, 0) is 19.9 Å². The molecule has 1 N–H and O–H groups in total. The van der Waals surface area contributed by atoms with Gasteiger partial charge in [0, 0.05) is 32.2 Å². The van der Waals surface area contributed by atoms with Crippen LogP contribution in [-0.4, -0.2) is 26.2 Å². The van der Waals surface area contributed by atoms with Crippen LogP contribution < -0.4 is 0 Å². The average Bonchev–Trinajstić information content (AvgIpc) is 2.68. The zero-order chi connectivity index (χ0) is 13.1. The van der Waals surface area contributed by atoms with Crippen molar-refractivity contribution in [2.24, 2.45) is 7.05 Å². The summed E-state index contributed by atoms with van der Waals surface area (Å²) < 4.78 is 27.6. The molecule has 0 saturated heterocycles. The van der Waals surface area contributed by atoms with E-state index >= 15 is 0 Å². The Morgan fingerprint density at radius 2 is 2.11 bits per heavy atom. The van der Waals surface area contributed by atoms with E-state index in [-0.39, 0.29) is 18.4 Å². The van der Waals surface area contributed by atoms with Gasteiger partial charge >= 0.3 is 0 Å². The Labute approximate surface area is 103 Å². The number of aryl methyl sites for hydroxylation is 1. The minimum Gasteiger partial charge on any atom is -0.392 e. The second kappa shape index (κ2) is 5.22. The predicted octanol–water partition coefficient (Wildman–Crippen LogP) is 1.24. The van der Waals surface area contributed by atoms with Crippen LogP contribution >= 0.6 is 0 Å². The van der Waals surface area contributed by atoms with Crippen LogP contribution in [0.15, 0.2) is 24.4 Å². The van der Waals surface area contributed by atoms with Gasteiger partial charge in [-0.1, -0.05) is 11.3 Å². The van der Waals surface area contributed by atoms with Gasteiger partial charge in [0.15, 0.2) is 0 Å². The van der Waals surface area contributed by atoms with Crippen LogP contribution in [0.4, 0.5) is 8.78 Å². The summed E-state index contributed by atoms with van der Waals surface area (Å²) in [5.41, 5.74) is 0.917. The summed E-state index contributed by atoms with van der Waals surface area (Å²) in [5.74, 6) is -1.27. The number of aromatic nitrogens is 3. The Morgan fingerprint density at radius 3 is 2.72 bits per heavy atom. The van der Waals surface area contributed by atoms with Crippen molar-refractivity contribution in [3.63, 3.8) is 0 Å². The highest BCUT2D eigenvalue weighted by Gasteiger charge is 2.12. The number of rotatable bonds is 4. The summed E-state index contributed by atoms with van der Waals surface area (Å²) in [5, 5.41) is 17.4. The van der Waals surface area contributed by atoms with Gasteiger partial charge in [-0.15, -0.1) is 5.10 Å². The van der Waals surface area contributed by atoms with E-state index in [0.717, 1.165) is 6.07 Å². The highest BCUT2D eigenvalue weighted by molar-refractivity contribution is 5.19. The first-order valence-corrected chi connectivity index (χ1v) is 5.52. The van der Waals surface area contributed by atoms with Crippen molar-refractivity contribution in [1.82, 2.24) is 15.0 Å². The first-order valence-electron chi connectivity index (χ1n) is 5.52.